The van der Waals surface area contributed by atoms with Gasteiger partial charge < -0.3 is 33.2 Å². The van der Waals surface area contributed by atoms with Gasteiger partial charge in [-0.3, -0.25) is 14.3 Å². The van der Waals surface area contributed by atoms with E-state index in [1.165, 1.54) is 6.20 Å². The third-order valence-corrected chi connectivity index (χ3v) is 11.5. The molecule has 6 aromatic carbocycles. The van der Waals surface area contributed by atoms with Crippen LogP contribution in [0.5, 0.6) is 23.0 Å². The Morgan fingerprint density at radius 2 is 0.921 bits per heavy atom. The van der Waals surface area contributed by atoms with E-state index in [1.807, 2.05) is 158 Å². The molecule has 2 heterocycles. The molecule has 8 rings (SSSR count). The molecule has 0 radical (unpaired) electrons. The molecule has 1 saturated heterocycles. The molecule has 11 nitrogen and oxygen atoms in total. The molecule has 0 spiro atoms. The molecule has 63 heavy (non-hydrogen) atoms. The number of rotatable bonds is 16. The topological polar surface area (TPSA) is 119 Å². The van der Waals surface area contributed by atoms with Crippen molar-refractivity contribution in [2.24, 2.45) is 0 Å². The fraction of sp³-hybridized carbons (Fsp3) is 0.216. The van der Waals surface area contributed by atoms with Gasteiger partial charge in [-0.1, -0.05) is 109 Å². The molecule has 1 aliphatic rings. The summed E-state index contributed by atoms with van der Waals surface area (Å²) < 4.78 is 62.5. The minimum Gasteiger partial charge on any atom is -0.497 e. The monoisotopic (exact) mass is 850 g/mol. The molecule has 1 N–H and O–H groups in total. The number of nitrogens with zero attached hydrogens (tertiary/aromatic N) is 1. The summed E-state index contributed by atoms with van der Waals surface area (Å²) >= 11 is 0. The Labute approximate surface area is 364 Å². The van der Waals surface area contributed by atoms with Gasteiger partial charge in [-0.15, -0.1) is 0 Å². The standard InChI is InChI=1S/C51H47FN2O9/c1-57-40-23-15-36(16-24-40)50(34-11-7-5-8-12-34,37-17-25-41(58-2)26-18-37)61-33-44-47(46(52)48(62-44)54-32-31-45(55)53-49(54)56)63-51(35-13-9-6-10-14-35,38-19-27-42(59-3)28-20-38)39-21-29-43(60-4)30-22-39/h5-32,44,46-48H,33H2,1-4H3,(H,53,55,56)/t44-,46-,47-,48-/m1/s1. The summed E-state index contributed by atoms with van der Waals surface area (Å²) in [7, 11) is 6.36. The smallest absolute Gasteiger partial charge is 0.330 e. The number of H-pyrrole nitrogens is 1. The van der Waals surface area contributed by atoms with Crippen molar-refractivity contribution in [3.63, 3.8) is 0 Å². The van der Waals surface area contributed by atoms with E-state index in [0.717, 1.165) is 27.3 Å². The molecular formula is C51H47FN2O9. The van der Waals surface area contributed by atoms with Crippen LogP contribution in [-0.4, -0.2) is 63.0 Å². The molecule has 12 heteroatoms. The van der Waals surface area contributed by atoms with Crippen LogP contribution in [0.3, 0.4) is 0 Å². The highest BCUT2D eigenvalue weighted by atomic mass is 19.1. The molecule has 0 bridgehead atoms. The van der Waals surface area contributed by atoms with E-state index < -0.39 is 47.1 Å². The Morgan fingerprint density at radius 3 is 1.32 bits per heavy atom. The van der Waals surface area contributed by atoms with Gasteiger partial charge in [-0.05, 0) is 81.9 Å². The summed E-state index contributed by atoms with van der Waals surface area (Å²) in [5, 5.41) is 0. The first kappa shape index (κ1) is 42.7. The highest BCUT2D eigenvalue weighted by molar-refractivity contribution is 5.51. The van der Waals surface area contributed by atoms with E-state index in [-0.39, 0.29) is 6.61 Å². The number of benzene rings is 6. The van der Waals surface area contributed by atoms with Crippen molar-refractivity contribution >= 4 is 0 Å². The zero-order valence-corrected chi connectivity index (χ0v) is 35.2. The van der Waals surface area contributed by atoms with Crippen LogP contribution in [-0.2, 0) is 25.4 Å². The van der Waals surface area contributed by atoms with Gasteiger partial charge in [0, 0.05) is 12.3 Å². The molecule has 0 saturated carbocycles. The van der Waals surface area contributed by atoms with Crippen molar-refractivity contribution in [1.29, 1.82) is 0 Å². The SMILES string of the molecule is COc1ccc(C(OC[C@H]2O[C@@H](n3ccc(=O)[nH]c3=O)[C@H](F)[C@@H]2OC(c2ccccc2)(c2ccc(OC)cc2)c2ccc(OC)cc2)(c2ccccc2)c2ccc(OC)cc2)cc1. The fourth-order valence-corrected chi connectivity index (χ4v) is 8.33. The van der Waals surface area contributed by atoms with Gasteiger partial charge in [0.2, 0.25) is 0 Å². The second-order valence-electron chi connectivity index (χ2n) is 14.9. The Balaban J connectivity index is 1.32. The van der Waals surface area contributed by atoms with Gasteiger partial charge in [0.05, 0.1) is 35.0 Å². The quantitative estimate of drug-likeness (QED) is 0.0961. The van der Waals surface area contributed by atoms with Crippen LogP contribution < -0.4 is 30.2 Å². The van der Waals surface area contributed by atoms with Gasteiger partial charge in [-0.25, -0.2) is 9.18 Å². The first-order chi connectivity index (χ1) is 30.7. The van der Waals surface area contributed by atoms with Crippen LogP contribution in [0.4, 0.5) is 4.39 Å². The lowest BCUT2D eigenvalue weighted by Crippen LogP contribution is -2.46. The van der Waals surface area contributed by atoms with Crippen molar-refractivity contribution in [2.45, 2.75) is 35.8 Å². The Bertz CT molecular complexity index is 2600. The van der Waals surface area contributed by atoms with Gasteiger partial charge >= 0.3 is 5.69 Å². The summed E-state index contributed by atoms with van der Waals surface area (Å²) in [5.41, 5.74) is 0.00125. The summed E-state index contributed by atoms with van der Waals surface area (Å²) in [6.07, 6.45) is -4.85. The number of hydrogen-bond donors (Lipinski definition) is 1. The minimum atomic E-state index is -1.98. The van der Waals surface area contributed by atoms with Gasteiger partial charge in [0.15, 0.2) is 12.4 Å². The van der Waals surface area contributed by atoms with E-state index in [9.17, 15) is 9.59 Å². The zero-order chi connectivity index (χ0) is 44.0. The second kappa shape index (κ2) is 18.5. The van der Waals surface area contributed by atoms with Crippen LogP contribution in [0.2, 0.25) is 0 Å². The van der Waals surface area contributed by atoms with Gasteiger partial charge in [0.25, 0.3) is 5.56 Å². The van der Waals surface area contributed by atoms with Crippen molar-refractivity contribution in [3.05, 3.63) is 224 Å². The van der Waals surface area contributed by atoms with E-state index in [2.05, 4.69) is 4.98 Å². The number of ether oxygens (including phenoxy) is 7. The van der Waals surface area contributed by atoms with Crippen LogP contribution in [0.15, 0.2) is 180 Å². The molecule has 0 aliphatic carbocycles. The largest absolute Gasteiger partial charge is 0.497 e. The number of alkyl halides is 1. The van der Waals surface area contributed by atoms with Gasteiger partial charge in [0.1, 0.15) is 46.4 Å². The number of methoxy groups -OCH3 is 4. The predicted octanol–water partition coefficient (Wildman–Crippen LogP) is 8.19. The normalized spacial score (nSPS) is 17.5. The summed E-state index contributed by atoms with van der Waals surface area (Å²) in [4.78, 5) is 27.9. The molecule has 4 atom stereocenters. The summed E-state index contributed by atoms with van der Waals surface area (Å²) in [6.45, 7) is -0.247. The van der Waals surface area contributed by atoms with Crippen LogP contribution in [0.1, 0.15) is 39.6 Å². The Morgan fingerprint density at radius 1 is 0.540 bits per heavy atom. The molecule has 0 amide bonds. The maximum Gasteiger partial charge on any atom is 0.330 e. The van der Waals surface area contributed by atoms with Gasteiger partial charge in [-0.2, -0.15) is 0 Å². The van der Waals surface area contributed by atoms with Crippen molar-refractivity contribution in [1.82, 2.24) is 9.55 Å². The number of nitrogens with one attached hydrogen (secondary N) is 1. The fourth-order valence-electron chi connectivity index (χ4n) is 8.33. The average Bonchev–Trinajstić information content (AvgIpc) is 3.64. The number of hydrogen-bond acceptors (Lipinski definition) is 9. The lowest BCUT2D eigenvalue weighted by molar-refractivity contribution is -0.128. The van der Waals surface area contributed by atoms with Crippen molar-refractivity contribution in [2.75, 3.05) is 35.0 Å². The molecule has 1 aromatic heterocycles. The molecule has 1 aliphatic heterocycles. The summed E-state index contributed by atoms with van der Waals surface area (Å²) in [5.74, 6) is 2.51. The molecule has 1 fully saturated rings. The molecule has 0 unspecified atom stereocenters. The van der Waals surface area contributed by atoms with E-state index in [0.29, 0.717) is 39.7 Å². The number of aromatic nitrogens is 2. The highest BCUT2D eigenvalue weighted by Gasteiger charge is 2.53. The first-order valence-electron chi connectivity index (χ1n) is 20.4. The second-order valence-corrected chi connectivity index (χ2v) is 14.9. The highest BCUT2D eigenvalue weighted by Crippen LogP contribution is 2.48. The average molecular weight is 851 g/mol. The molecule has 322 valence electrons. The third kappa shape index (κ3) is 8.23. The first-order valence-corrected chi connectivity index (χ1v) is 20.4. The van der Waals surface area contributed by atoms with E-state index in [1.54, 1.807) is 28.4 Å². The molecular weight excluding hydrogens is 804 g/mol. The van der Waals surface area contributed by atoms with Crippen LogP contribution in [0, 0.1) is 0 Å². The lowest BCUT2D eigenvalue weighted by Gasteiger charge is -2.40. The minimum absolute atomic E-state index is 0.247. The van der Waals surface area contributed by atoms with Crippen molar-refractivity contribution < 1.29 is 37.5 Å². The van der Waals surface area contributed by atoms with Crippen LogP contribution in [0.25, 0.3) is 0 Å². The maximum absolute atomic E-state index is 17.9. The predicted molar refractivity (Wildman–Crippen MR) is 236 cm³/mol. The Kier molecular flexibility index (Phi) is 12.6. The lowest BCUT2D eigenvalue weighted by atomic mass is 9.79. The summed E-state index contributed by atoms with van der Waals surface area (Å²) in [6, 6.07) is 50.2. The number of halogens is 1. The third-order valence-electron chi connectivity index (χ3n) is 11.5. The van der Waals surface area contributed by atoms with Crippen LogP contribution >= 0.6 is 0 Å². The van der Waals surface area contributed by atoms with E-state index >= 15 is 4.39 Å². The van der Waals surface area contributed by atoms with Crippen molar-refractivity contribution in [3.8, 4) is 23.0 Å². The number of aromatic amines is 1. The Hall–Kier alpha value is -6.99. The molecule has 7 aromatic rings. The zero-order valence-electron chi connectivity index (χ0n) is 35.2. The van der Waals surface area contributed by atoms with E-state index in [4.69, 9.17) is 33.2 Å². The maximum atomic E-state index is 17.9.